The SMILES string of the molecule is Cc1cc(NC(=O)CCCC(=O)c2ccccc2)n(-c2cc(C)c3cccc(C)c3n2)n1. The van der Waals surface area contributed by atoms with Gasteiger partial charge in [-0.15, -0.1) is 0 Å². The van der Waals surface area contributed by atoms with Crippen molar-refractivity contribution in [2.24, 2.45) is 0 Å². The minimum Gasteiger partial charge on any atom is -0.311 e. The fourth-order valence-corrected chi connectivity index (χ4v) is 3.80. The van der Waals surface area contributed by atoms with Crippen LogP contribution in [0.1, 0.15) is 46.4 Å². The quantitative estimate of drug-likeness (QED) is 0.405. The van der Waals surface area contributed by atoms with Gasteiger partial charge in [-0.25, -0.2) is 4.98 Å². The first-order valence-corrected chi connectivity index (χ1v) is 10.7. The Bertz CT molecular complexity index is 1290. The summed E-state index contributed by atoms with van der Waals surface area (Å²) in [5, 5.41) is 8.58. The van der Waals surface area contributed by atoms with Gasteiger partial charge in [0.1, 0.15) is 5.82 Å². The summed E-state index contributed by atoms with van der Waals surface area (Å²) in [7, 11) is 0. The highest BCUT2D eigenvalue weighted by molar-refractivity contribution is 5.96. The zero-order valence-corrected chi connectivity index (χ0v) is 18.6. The van der Waals surface area contributed by atoms with Gasteiger partial charge in [0.15, 0.2) is 11.6 Å². The van der Waals surface area contributed by atoms with Crippen LogP contribution in [-0.4, -0.2) is 26.5 Å². The van der Waals surface area contributed by atoms with E-state index in [-0.39, 0.29) is 18.1 Å². The molecular weight excluding hydrogens is 400 g/mol. The highest BCUT2D eigenvalue weighted by atomic mass is 16.1. The fraction of sp³-hybridized carbons (Fsp3) is 0.231. The van der Waals surface area contributed by atoms with E-state index in [0.29, 0.717) is 30.0 Å². The van der Waals surface area contributed by atoms with E-state index in [1.165, 1.54) is 0 Å². The molecule has 4 rings (SSSR count). The molecule has 0 atom stereocenters. The third-order valence-electron chi connectivity index (χ3n) is 5.45. The van der Waals surface area contributed by atoms with E-state index in [2.05, 4.69) is 16.5 Å². The maximum absolute atomic E-state index is 12.6. The van der Waals surface area contributed by atoms with Crippen LogP contribution in [0.3, 0.4) is 0 Å². The summed E-state index contributed by atoms with van der Waals surface area (Å²) in [6.07, 6.45) is 1.08. The monoisotopic (exact) mass is 426 g/mol. The van der Waals surface area contributed by atoms with Crippen LogP contribution in [0.2, 0.25) is 0 Å². The second-order valence-corrected chi connectivity index (χ2v) is 8.04. The first-order valence-electron chi connectivity index (χ1n) is 10.7. The van der Waals surface area contributed by atoms with Gasteiger partial charge in [0.25, 0.3) is 0 Å². The van der Waals surface area contributed by atoms with E-state index < -0.39 is 0 Å². The van der Waals surface area contributed by atoms with E-state index in [1.54, 1.807) is 16.8 Å². The Labute approximate surface area is 187 Å². The van der Waals surface area contributed by atoms with Crippen LogP contribution < -0.4 is 5.32 Å². The minimum absolute atomic E-state index is 0.0468. The van der Waals surface area contributed by atoms with Crippen molar-refractivity contribution in [1.82, 2.24) is 14.8 Å². The highest BCUT2D eigenvalue weighted by Crippen LogP contribution is 2.24. The molecule has 6 heteroatoms. The first-order chi connectivity index (χ1) is 15.4. The molecule has 0 unspecified atom stereocenters. The molecule has 0 saturated heterocycles. The van der Waals surface area contributed by atoms with Crippen LogP contribution in [0, 0.1) is 20.8 Å². The second-order valence-electron chi connectivity index (χ2n) is 8.04. The Morgan fingerprint density at radius 3 is 2.47 bits per heavy atom. The number of fused-ring (bicyclic) bond motifs is 1. The predicted molar refractivity (Wildman–Crippen MR) is 126 cm³/mol. The van der Waals surface area contributed by atoms with Crippen LogP contribution >= 0.6 is 0 Å². The van der Waals surface area contributed by atoms with E-state index in [4.69, 9.17) is 4.98 Å². The number of ketones is 1. The molecule has 1 amide bonds. The Morgan fingerprint density at radius 2 is 1.69 bits per heavy atom. The minimum atomic E-state index is -0.152. The van der Waals surface area contributed by atoms with Crippen LogP contribution in [-0.2, 0) is 4.79 Å². The number of aromatic nitrogens is 3. The number of Topliss-reactive ketones (excluding diaryl/α,β-unsaturated/α-hetero) is 1. The smallest absolute Gasteiger partial charge is 0.225 e. The molecule has 0 aliphatic rings. The normalized spacial score (nSPS) is 11.0. The number of hydrogen-bond donors (Lipinski definition) is 1. The molecule has 0 fully saturated rings. The molecule has 0 saturated carbocycles. The topological polar surface area (TPSA) is 76.9 Å². The molecule has 2 heterocycles. The molecule has 1 N–H and O–H groups in total. The number of rotatable bonds is 7. The van der Waals surface area contributed by atoms with E-state index in [0.717, 1.165) is 27.7 Å². The summed E-state index contributed by atoms with van der Waals surface area (Å²) in [4.78, 5) is 29.6. The van der Waals surface area contributed by atoms with Crippen molar-refractivity contribution in [3.05, 3.63) is 83.0 Å². The summed E-state index contributed by atoms with van der Waals surface area (Å²) in [6.45, 7) is 5.96. The van der Waals surface area contributed by atoms with E-state index >= 15 is 0 Å². The summed E-state index contributed by atoms with van der Waals surface area (Å²) in [5.74, 6) is 1.12. The molecule has 6 nitrogen and oxygen atoms in total. The molecule has 2 aromatic heterocycles. The largest absolute Gasteiger partial charge is 0.311 e. The van der Waals surface area contributed by atoms with Gasteiger partial charge in [0, 0.05) is 29.9 Å². The number of anilines is 1. The van der Waals surface area contributed by atoms with Gasteiger partial charge in [0.05, 0.1) is 11.2 Å². The molecule has 32 heavy (non-hydrogen) atoms. The number of nitrogens with one attached hydrogen (secondary N) is 1. The molecule has 0 bridgehead atoms. The van der Waals surface area contributed by atoms with Crippen molar-refractivity contribution in [3.8, 4) is 5.82 Å². The second kappa shape index (κ2) is 9.14. The lowest BCUT2D eigenvalue weighted by molar-refractivity contribution is -0.116. The Morgan fingerprint density at radius 1 is 0.906 bits per heavy atom. The zero-order chi connectivity index (χ0) is 22.7. The molecule has 2 aromatic carbocycles. The molecule has 162 valence electrons. The highest BCUT2D eigenvalue weighted by Gasteiger charge is 2.15. The summed E-state index contributed by atoms with van der Waals surface area (Å²) < 4.78 is 1.67. The maximum atomic E-state index is 12.6. The van der Waals surface area contributed by atoms with Crippen LogP contribution in [0.15, 0.2) is 60.7 Å². The summed E-state index contributed by atoms with van der Waals surface area (Å²) >= 11 is 0. The lowest BCUT2D eigenvalue weighted by Crippen LogP contribution is -2.15. The molecule has 0 aliphatic heterocycles. The number of carbonyl (C=O) groups excluding carboxylic acids is 2. The van der Waals surface area contributed by atoms with Gasteiger partial charge in [-0.3, -0.25) is 9.59 Å². The van der Waals surface area contributed by atoms with Crippen molar-refractivity contribution in [1.29, 1.82) is 0 Å². The van der Waals surface area contributed by atoms with Crippen LogP contribution in [0.25, 0.3) is 16.7 Å². The lowest BCUT2D eigenvalue weighted by Gasteiger charge is -2.11. The number of aryl methyl sites for hydroxylation is 3. The van der Waals surface area contributed by atoms with Gasteiger partial charge < -0.3 is 5.32 Å². The number of nitrogens with zero attached hydrogens (tertiary/aromatic N) is 3. The van der Waals surface area contributed by atoms with E-state index in [9.17, 15) is 9.59 Å². The lowest BCUT2D eigenvalue weighted by atomic mass is 10.1. The number of hydrogen-bond acceptors (Lipinski definition) is 4. The van der Waals surface area contributed by atoms with Crippen molar-refractivity contribution >= 4 is 28.4 Å². The molecule has 0 radical (unpaired) electrons. The van der Waals surface area contributed by atoms with Crippen molar-refractivity contribution in [2.75, 3.05) is 5.32 Å². The van der Waals surface area contributed by atoms with E-state index in [1.807, 2.05) is 63.2 Å². The van der Waals surface area contributed by atoms with Gasteiger partial charge in [-0.05, 0) is 44.4 Å². The van der Waals surface area contributed by atoms with Gasteiger partial charge in [-0.2, -0.15) is 9.78 Å². The average molecular weight is 427 g/mol. The number of amides is 1. The van der Waals surface area contributed by atoms with Gasteiger partial charge in [-0.1, -0.05) is 48.5 Å². The third kappa shape index (κ3) is 4.59. The average Bonchev–Trinajstić information content (AvgIpc) is 3.14. The predicted octanol–water partition coefficient (Wildman–Crippen LogP) is 5.34. The summed E-state index contributed by atoms with van der Waals surface area (Å²) in [5.41, 5.74) is 4.56. The molecular formula is C26H26N4O2. The first kappa shape index (κ1) is 21.4. The zero-order valence-electron chi connectivity index (χ0n) is 18.6. The molecule has 0 aliphatic carbocycles. The number of benzene rings is 2. The van der Waals surface area contributed by atoms with Crippen molar-refractivity contribution in [2.45, 2.75) is 40.0 Å². The molecule has 0 spiro atoms. The number of para-hydroxylation sites is 1. The van der Waals surface area contributed by atoms with Crippen molar-refractivity contribution in [3.63, 3.8) is 0 Å². The number of carbonyl (C=O) groups is 2. The van der Waals surface area contributed by atoms with Gasteiger partial charge in [0.2, 0.25) is 5.91 Å². The Hall–Kier alpha value is -3.80. The molecule has 4 aromatic rings. The van der Waals surface area contributed by atoms with Crippen molar-refractivity contribution < 1.29 is 9.59 Å². The van der Waals surface area contributed by atoms with Crippen LogP contribution in [0.5, 0.6) is 0 Å². The van der Waals surface area contributed by atoms with Crippen LogP contribution in [0.4, 0.5) is 5.82 Å². The fourth-order valence-electron chi connectivity index (χ4n) is 3.80. The third-order valence-corrected chi connectivity index (χ3v) is 5.45. The van der Waals surface area contributed by atoms with Gasteiger partial charge >= 0.3 is 0 Å². The Balaban J connectivity index is 1.48. The Kier molecular flexibility index (Phi) is 6.12. The maximum Gasteiger partial charge on any atom is 0.225 e. The number of pyridine rings is 1. The summed E-state index contributed by atoms with van der Waals surface area (Å²) in [6, 6.07) is 19.1. The standard InChI is InChI=1S/C26H26N4O2/c1-17-9-7-12-21-18(2)15-23(28-26(17)21)30-24(16-19(3)29-30)27-25(32)14-8-13-22(31)20-10-5-4-6-11-20/h4-7,9-12,15-16H,8,13-14H2,1-3H3,(H,27,32).